The number of fused-ring (bicyclic) bond motifs is 1. The Kier molecular flexibility index (Phi) is 5.74. The molecule has 1 N–H and O–H groups in total. The number of rotatable bonds is 6. The molecular weight excluding hydrogens is 454 g/mol. The molecule has 0 saturated heterocycles. The predicted octanol–water partition coefficient (Wildman–Crippen LogP) is 6.27. The first-order valence-electron chi connectivity index (χ1n) is 10.3. The number of anilines is 2. The standard InChI is InChI=1S/C24H21N5O2S2/c1-14-8-9-21(15(2)10-14)29(16(3)30)23-26-17(12-32-23)13-33-24-28-27-22(31-24)19-11-25-20-7-5-4-6-18(19)20/h4-12,25H,13H2,1-3H3. The Hall–Kier alpha value is -3.43. The van der Waals surface area contributed by atoms with Gasteiger partial charge in [0.1, 0.15) is 0 Å². The van der Waals surface area contributed by atoms with E-state index in [0.29, 0.717) is 22.0 Å². The molecule has 5 rings (SSSR count). The molecule has 166 valence electrons. The molecule has 0 fully saturated rings. The Labute approximate surface area is 198 Å². The number of amides is 1. The van der Waals surface area contributed by atoms with Gasteiger partial charge in [0.05, 0.1) is 16.9 Å². The third-order valence-electron chi connectivity index (χ3n) is 5.21. The molecule has 2 aromatic carbocycles. The lowest BCUT2D eigenvalue weighted by molar-refractivity contribution is -0.115. The van der Waals surface area contributed by atoms with Crippen LogP contribution in [0.5, 0.6) is 0 Å². The minimum Gasteiger partial charge on any atom is -0.411 e. The molecule has 7 nitrogen and oxygen atoms in total. The van der Waals surface area contributed by atoms with Gasteiger partial charge in [-0.15, -0.1) is 21.5 Å². The molecule has 0 aliphatic rings. The summed E-state index contributed by atoms with van der Waals surface area (Å²) < 4.78 is 5.88. The van der Waals surface area contributed by atoms with E-state index in [9.17, 15) is 4.79 Å². The molecule has 0 unspecified atom stereocenters. The summed E-state index contributed by atoms with van der Waals surface area (Å²) in [7, 11) is 0. The van der Waals surface area contributed by atoms with Gasteiger partial charge in [-0.1, -0.05) is 47.7 Å². The summed E-state index contributed by atoms with van der Waals surface area (Å²) in [5.74, 6) is 0.965. The van der Waals surface area contributed by atoms with E-state index in [1.807, 2.05) is 61.8 Å². The molecule has 0 bridgehead atoms. The molecule has 5 aromatic rings. The number of carbonyl (C=O) groups is 1. The van der Waals surface area contributed by atoms with Crippen molar-refractivity contribution < 1.29 is 9.21 Å². The molecule has 0 aliphatic carbocycles. The van der Waals surface area contributed by atoms with Crippen LogP contribution in [0, 0.1) is 13.8 Å². The molecule has 0 saturated carbocycles. The summed E-state index contributed by atoms with van der Waals surface area (Å²) in [6.45, 7) is 5.60. The van der Waals surface area contributed by atoms with Crippen LogP contribution in [-0.4, -0.2) is 26.1 Å². The summed E-state index contributed by atoms with van der Waals surface area (Å²) in [4.78, 5) is 22.0. The first-order valence-corrected chi connectivity index (χ1v) is 12.2. The van der Waals surface area contributed by atoms with Crippen LogP contribution >= 0.6 is 23.1 Å². The molecule has 0 radical (unpaired) electrons. The van der Waals surface area contributed by atoms with Crippen molar-refractivity contribution in [2.24, 2.45) is 0 Å². The highest BCUT2D eigenvalue weighted by molar-refractivity contribution is 7.98. The van der Waals surface area contributed by atoms with Gasteiger partial charge in [-0.2, -0.15) is 0 Å². The highest BCUT2D eigenvalue weighted by Crippen LogP contribution is 2.34. The monoisotopic (exact) mass is 475 g/mol. The van der Waals surface area contributed by atoms with E-state index in [0.717, 1.165) is 39.0 Å². The highest BCUT2D eigenvalue weighted by atomic mass is 32.2. The number of thioether (sulfide) groups is 1. The zero-order valence-electron chi connectivity index (χ0n) is 18.3. The number of nitrogens with zero attached hydrogens (tertiary/aromatic N) is 4. The molecular formula is C24H21N5O2S2. The number of thiazole rings is 1. The van der Waals surface area contributed by atoms with E-state index >= 15 is 0 Å². The largest absolute Gasteiger partial charge is 0.411 e. The van der Waals surface area contributed by atoms with E-state index < -0.39 is 0 Å². The Bertz CT molecular complexity index is 1450. The lowest BCUT2D eigenvalue weighted by atomic mass is 10.1. The van der Waals surface area contributed by atoms with Gasteiger partial charge in [-0.25, -0.2) is 4.98 Å². The smallest absolute Gasteiger partial charge is 0.277 e. The number of aromatic amines is 1. The van der Waals surface area contributed by atoms with Crippen molar-refractivity contribution in [3.8, 4) is 11.5 Å². The van der Waals surface area contributed by atoms with Gasteiger partial charge < -0.3 is 9.40 Å². The summed E-state index contributed by atoms with van der Waals surface area (Å²) in [6.07, 6.45) is 1.88. The third kappa shape index (κ3) is 4.29. The molecule has 9 heteroatoms. The quantitative estimate of drug-likeness (QED) is 0.291. The maximum absolute atomic E-state index is 12.4. The van der Waals surface area contributed by atoms with Crippen LogP contribution in [0.25, 0.3) is 22.4 Å². The summed E-state index contributed by atoms with van der Waals surface area (Å²) >= 11 is 2.86. The number of aromatic nitrogens is 4. The lowest BCUT2D eigenvalue weighted by Crippen LogP contribution is -2.23. The van der Waals surface area contributed by atoms with Gasteiger partial charge in [0, 0.05) is 35.2 Å². The number of carbonyl (C=O) groups excluding carboxylic acids is 1. The Morgan fingerprint density at radius 1 is 1.18 bits per heavy atom. The molecule has 0 aliphatic heterocycles. The number of para-hydroxylation sites is 1. The summed E-state index contributed by atoms with van der Waals surface area (Å²) in [6, 6.07) is 14.0. The summed E-state index contributed by atoms with van der Waals surface area (Å²) in [5.41, 5.74) is 5.79. The molecule has 3 heterocycles. The number of hydrogen-bond donors (Lipinski definition) is 1. The number of aryl methyl sites for hydroxylation is 2. The minimum atomic E-state index is -0.0734. The lowest BCUT2D eigenvalue weighted by Gasteiger charge is -2.20. The van der Waals surface area contributed by atoms with E-state index in [2.05, 4.69) is 21.2 Å². The van der Waals surface area contributed by atoms with Crippen molar-refractivity contribution in [2.75, 3.05) is 4.90 Å². The van der Waals surface area contributed by atoms with E-state index in [-0.39, 0.29) is 5.91 Å². The Morgan fingerprint density at radius 3 is 2.85 bits per heavy atom. The average Bonchev–Trinajstić information content (AvgIpc) is 3.53. The molecule has 0 atom stereocenters. The van der Waals surface area contributed by atoms with Crippen molar-refractivity contribution in [2.45, 2.75) is 31.7 Å². The first kappa shape index (κ1) is 21.4. The van der Waals surface area contributed by atoms with Gasteiger partial charge >= 0.3 is 0 Å². The average molecular weight is 476 g/mol. The van der Waals surface area contributed by atoms with Crippen LogP contribution in [0.1, 0.15) is 23.7 Å². The fourth-order valence-electron chi connectivity index (χ4n) is 3.69. The van der Waals surface area contributed by atoms with Gasteiger partial charge in [-0.05, 0) is 31.5 Å². The molecule has 0 spiro atoms. The number of nitrogens with one attached hydrogen (secondary N) is 1. The predicted molar refractivity (Wildman–Crippen MR) is 132 cm³/mol. The van der Waals surface area contributed by atoms with Gasteiger partial charge in [-0.3, -0.25) is 9.69 Å². The van der Waals surface area contributed by atoms with Gasteiger partial charge in [0.25, 0.3) is 11.1 Å². The van der Waals surface area contributed by atoms with E-state index in [1.54, 1.807) is 11.8 Å². The molecule has 33 heavy (non-hydrogen) atoms. The van der Waals surface area contributed by atoms with Crippen LogP contribution in [0.3, 0.4) is 0 Å². The summed E-state index contributed by atoms with van der Waals surface area (Å²) in [5, 5.41) is 12.5. The fraction of sp³-hybridized carbons (Fsp3) is 0.167. The van der Waals surface area contributed by atoms with Crippen molar-refractivity contribution in [3.05, 3.63) is 70.9 Å². The number of H-pyrrole nitrogens is 1. The number of benzene rings is 2. The normalized spacial score (nSPS) is 11.2. The SMILES string of the molecule is CC(=O)N(c1nc(CSc2nnc(-c3c[nH]c4ccccc34)o2)cs1)c1ccc(C)cc1C. The van der Waals surface area contributed by atoms with Crippen LogP contribution in [-0.2, 0) is 10.5 Å². The van der Waals surface area contributed by atoms with Crippen LogP contribution in [0.4, 0.5) is 10.8 Å². The van der Waals surface area contributed by atoms with Crippen molar-refractivity contribution >= 4 is 50.7 Å². The van der Waals surface area contributed by atoms with E-state index in [4.69, 9.17) is 9.40 Å². The maximum Gasteiger partial charge on any atom is 0.277 e. The minimum absolute atomic E-state index is 0.0734. The Morgan fingerprint density at radius 2 is 2.03 bits per heavy atom. The number of hydrogen-bond acceptors (Lipinski definition) is 7. The second-order valence-electron chi connectivity index (χ2n) is 7.68. The van der Waals surface area contributed by atoms with Crippen LogP contribution in [0.15, 0.2) is 63.7 Å². The maximum atomic E-state index is 12.4. The zero-order valence-corrected chi connectivity index (χ0v) is 20.0. The second-order valence-corrected chi connectivity index (χ2v) is 9.44. The zero-order chi connectivity index (χ0) is 22.9. The third-order valence-corrected chi connectivity index (χ3v) is 6.94. The van der Waals surface area contributed by atoms with Gasteiger partial charge in [0.15, 0.2) is 5.13 Å². The van der Waals surface area contributed by atoms with Crippen molar-refractivity contribution in [1.29, 1.82) is 0 Å². The van der Waals surface area contributed by atoms with E-state index in [1.165, 1.54) is 23.1 Å². The molecule has 3 aromatic heterocycles. The van der Waals surface area contributed by atoms with Gasteiger partial charge in [0.2, 0.25) is 5.91 Å². The topological polar surface area (TPSA) is 87.9 Å². The fourth-order valence-corrected chi connectivity index (χ4v) is 5.33. The van der Waals surface area contributed by atoms with Crippen molar-refractivity contribution in [1.82, 2.24) is 20.2 Å². The highest BCUT2D eigenvalue weighted by Gasteiger charge is 2.20. The Balaban J connectivity index is 1.32. The van der Waals surface area contributed by atoms with Crippen LogP contribution in [0.2, 0.25) is 0 Å². The molecule has 1 amide bonds. The first-order chi connectivity index (χ1) is 16.0. The van der Waals surface area contributed by atoms with Crippen molar-refractivity contribution in [3.63, 3.8) is 0 Å². The van der Waals surface area contributed by atoms with Crippen LogP contribution < -0.4 is 4.90 Å². The second kappa shape index (κ2) is 8.84.